The zero-order valence-corrected chi connectivity index (χ0v) is 11.3. The summed E-state index contributed by atoms with van der Waals surface area (Å²) in [7, 11) is 0. The Bertz CT molecular complexity index is 691. The van der Waals surface area contributed by atoms with Crippen LogP contribution in [0.5, 0.6) is 0 Å². The van der Waals surface area contributed by atoms with E-state index >= 15 is 0 Å². The van der Waals surface area contributed by atoms with Gasteiger partial charge in [0.15, 0.2) is 23.3 Å². The van der Waals surface area contributed by atoms with Crippen molar-refractivity contribution in [3.63, 3.8) is 0 Å². The lowest BCUT2D eigenvalue weighted by molar-refractivity contribution is -0.312. The smallest absolute Gasteiger partial charge is 0.434 e. The first-order valence-electron chi connectivity index (χ1n) is 5.74. The number of benzene rings is 1. The highest BCUT2D eigenvalue weighted by atomic mass is 19.4. The van der Waals surface area contributed by atoms with Crippen molar-refractivity contribution in [1.29, 1.82) is 0 Å². The first-order chi connectivity index (χ1) is 11.2. The molecule has 1 N–H and O–H groups in total. The standard InChI is InChI=1S/C12H4F10O3/c13-4-1-3(7(14)9(16)8(4)15)5(23)2-6(24)25-10(11(17,18)19)12(20,21)22/h1-2,10,23H/b5-2-. The highest BCUT2D eigenvalue weighted by Crippen LogP contribution is 2.36. The number of rotatable bonds is 3. The lowest BCUT2D eigenvalue weighted by atomic mass is 10.1. The van der Waals surface area contributed by atoms with Gasteiger partial charge in [-0.1, -0.05) is 0 Å². The summed E-state index contributed by atoms with van der Waals surface area (Å²) in [5.74, 6) is -13.3. The molecule has 0 heterocycles. The van der Waals surface area contributed by atoms with Gasteiger partial charge in [-0.15, -0.1) is 0 Å². The van der Waals surface area contributed by atoms with E-state index in [4.69, 9.17) is 0 Å². The van der Waals surface area contributed by atoms with Crippen LogP contribution in [0.1, 0.15) is 5.56 Å². The van der Waals surface area contributed by atoms with Crippen LogP contribution < -0.4 is 0 Å². The summed E-state index contributed by atoms with van der Waals surface area (Å²) in [6.45, 7) is 0. The molecule has 0 amide bonds. The van der Waals surface area contributed by atoms with Crippen LogP contribution in [0.25, 0.3) is 5.76 Å². The molecule has 0 atom stereocenters. The third-order valence-electron chi connectivity index (χ3n) is 2.46. The fourth-order valence-corrected chi connectivity index (χ4v) is 1.42. The van der Waals surface area contributed by atoms with Gasteiger partial charge in [-0.3, -0.25) is 0 Å². The molecule has 0 fully saturated rings. The maximum Gasteiger partial charge on any atom is 0.434 e. The van der Waals surface area contributed by atoms with Crippen molar-refractivity contribution in [2.75, 3.05) is 0 Å². The molecule has 0 aliphatic heterocycles. The SMILES string of the molecule is O=C(/C=C(\O)c1cc(F)c(F)c(F)c1F)OC(C(F)(F)F)C(F)(F)F. The normalized spacial score (nSPS) is 13.3. The van der Waals surface area contributed by atoms with E-state index in [0.29, 0.717) is 0 Å². The Morgan fingerprint density at radius 3 is 1.88 bits per heavy atom. The van der Waals surface area contributed by atoms with E-state index in [1.807, 2.05) is 0 Å². The molecule has 0 bridgehead atoms. The largest absolute Gasteiger partial charge is 0.507 e. The highest BCUT2D eigenvalue weighted by molar-refractivity contribution is 5.89. The number of aliphatic hydroxyl groups excluding tert-OH is 1. The molecule has 140 valence electrons. The van der Waals surface area contributed by atoms with Crippen molar-refractivity contribution in [3.05, 3.63) is 41.0 Å². The quantitative estimate of drug-likeness (QED) is 0.212. The second-order valence-electron chi connectivity index (χ2n) is 4.28. The van der Waals surface area contributed by atoms with E-state index < -0.39 is 65.1 Å². The summed E-state index contributed by atoms with van der Waals surface area (Å²) in [5.41, 5.74) is -1.54. The number of aliphatic hydroxyl groups is 1. The van der Waals surface area contributed by atoms with Gasteiger partial charge in [0.25, 0.3) is 6.10 Å². The zero-order valence-electron chi connectivity index (χ0n) is 11.3. The summed E-state index contributed by atoms with van der Waals surface area (Å²) in [4.78, 5) is 11.0. The van der Waals surface area contributed by atoms with E-state index in [0.717, 1.165) is 0 Å². The van der Waals surface area contributed by atoms with Gasteiger partial charge in [-0.2, -0.15) is 26.3 Å². The van der Waals surface area contributed by atoms with Crippen LogP contribution in [0.2, 0.25) is 0 Å². The number of esters is 1. The Morgan fingerprint density at radius 2 is 1.44 bits per heavy atom. The van der Waals surface area contributed by atoms with Crippen molar-refractivity contribution >= 4 is 11.7 Å². The average molecular weight is 386 g/mol. The molecule has 0 aliphatic rings. The molecule has 0 unspecified atom stereocenters. The second kappa shape index (κ2) is 6.80. The molecular formula is C12H4F10O3. The Labute approximate surface area is 131 Å². The predicted octanol–water partition coefficient (Wildman–Crippen LogP) is 4.18. The van der Waals surface area contributed by atoms with E-state index in [-0.39, 0.29) is 6.07 Å². The van der Waals surface area contributed by atoms with Crippen LogP contribution in [0.3, 0.4) is 0 Å². The molecule has 13 heteroatoms. The molecule has 0 aliphatic carbocycles. The third-order valence-corrected chi connectivity index (χ3v) is 2.46. The molecule has 0 saturated heterocycles. The fraction of sp³-hybridized carbons (Fsp3) is 0.250. The summed E-state index contributed by atoms with van der Waals surface area (Å²) in [5, 5.41) is 9.23. The summed E-state index contributed by atoms with van der Waals surface area (Å²) in [6, 6.07) is -0.183. The molecule has 1 aromatic rings. The number of hydrogen-bond acceptors (Lipinski definition) is 3. The highest BCUT2D eigenvalue weighted by Gasteiger charge is 2.59. The Hall–Kier alpha value is -2.47. The Balaban J connectivity index is 3.17. The lowest BCUT2D eigenvalue weighted by Gasteiger charge is -2.22. The molecule has 0 saturated carbocycles. The minimum atomic E-state index is -6.06. The molecular weight excluding hydrogens is 382 g/mol. The molecule has 0 radical (unpaired) electrons. The van der Waals surface area contributed by atoms with Gasteiger partial charge >= 0.3 is 18.3 Å². The van der Waals surface area contributed by atoms with Crippen LogP contribution in [0.15, 0.2) is 12.1 Å². The van der Waals surface area contributed by atoms with E-state index in [1.165, 1.54) is 0 Å². The van der Waals surface area contributed by atoms with Crippen molar-refractivity contribution in [2.45, 2.75) is 18.5 Å². The molecule has 0 aromatic heterocycles. The molecule has 25 heavy (non-hydrogen) atoms. The van der Waals surface area contributed by atoms with Crippen molar-refractivity contribution in [2.24, 2.45) is 0 Å². The van der Waals surface area contributed by atoms with E-state index in [9.17, 15) is 53.8 Å². The zero-order chi connectivity index (χ0) is 19.7. The Kier molecular flexibility index (Phi) is 5.60. The minimum absolute atomic E-state index is 0.183. The van der Waals surface area contributed by atoms with Gasteiger partial charge in [-0.25, -0.2) is 22.4 Å². The third kappa shape index (κ3) is 4.76. The maximum atomic E-state index is 13.3. The summed E-state index contributed by atoms with van der Waals surface area (Å²) >= 11 is 0. The number of carbonyl (C=O) groups excluding carboxylic acids is 1. The van der Waals surface area contributed by atoms with Gasteiger partial charge in [0, 0.05) is 0 Å². The second-order valence-corrected chi connectivity index (χ2v) is 4.28. The average Bonchev–Trinajstić information content (AvgIpc) is 2.43. The monoisotopic (exact) mass is 386 g/mol. The number of halogens is 10. The topological polar surface area (TPSA) is 46.5 Å². The Morgan fingerprint density at radius 1 is 0.960 bits per heavy atom. The first kappa shape index (κ1) is 20.6. The summed E-state index contributed by atoms with van der Waals surface area (Å²) < 4.78 is 128. The number of hydrogen-bond donors (Lipinski definition) is 1. The van der Waals surface area contributed by atoms with Gasteiger partial charge in [0.2, 0.25) is 0 Å². The van der Waals surface area contributed by atoms with Gasteiger partial charge in [0.05, 0.1) is 11.6 Å². The molecule has 1 aromatic carbocycles. The molecule has 3 nitrogen and oxygen atoms in total. The van der Waals surface area contributed by atoms with Crippen LogP contribution in [0.4, 0.5) is 43.9 Å². The maximum absolute atomic E-state index is 13.3. The fourth-order valence-electron chi connectivity index (χ4n) is 1.42. The van der Waals surface area contributed by atoms with Crippen LogP contribution in [-0.4, -0.2) is 29.5 Å². The van der Waals surface area contributed by atoms with E-state index in [1.54, 1.807) is 0 Å². The van der Waals surface area contributed by atoms with Crippen LogP contribution in [-0.2, 0) is 9.53 Å². The molecule has 1 rings (SSSR count). The number of ether oxygens (including phenoxy) is 1. The van der Waals surface area contributed by atoms with Gasteiger partial charge in [-0.05, 0) is 6.07 Å². The van der Waals surface area contributed by atoms with Crippen LogP contribution >= 0.6 is 0 Å². The van der Waals surface area contributed by atoms with E-state index in [2.05, 4.69) is 4.74 Å². The summed E-state index contributed by atoms with van der Waals surface area (Å²) in [6.07, 6.45) is -17.2. The number of carbonyl (C=O) groups is 1. The van der Waals surface area contributed by atoms with Crippen LogP contribution in [0, 0.1) is 23.3 Å². The van der Waals surface area contributed by atoms with Crippen molar-refractivity contribution in [1.82, 2.24) is 0 Å². The lowest BCUT2D eigenvalue weighted by Crippen LogP contribution is -2.45. The first-order valence-corrected chi connectivity index (χ1v) is 5.74. The predicted molar refractivity (Wildman–Crippen MR) is 58.9 cm³/mol. The van der Waals surface area contributed by atoms with Gasteiger partial charge < -0.3 is 9.84 Å². The molecule has 0 spiro atoms. The van der Waals surface area contributed by atoms with Gasteiger partial charge in [0.1, 0.15) is 5.76 Å². The van der Waals surface area contributed by atoms with Crippen molar-refractivity contribution in [3.8, 4) is 0 Å². The van der Waals surface area contributed by atoms with Crippen molar-refractivity contribution < 1.29 is 58.5 Å². The number of alkyl halides is 6. The minimum Gasteiger partial charge on any atom is -0.507 e.